The molecule has 3 rings (SSSR count). The van der Waals surface area contributed by atoms with Crippen LogP contribution in [-0.4, -0.2) is 33.1 Å². The molecule has 27 heavy (non-hydrogen) atoms. The van der Waals surface area contributed by atoms with Crippen LogP contribution in [0, 0.1) is 5.82 Å². The van der Waals surface area contributed by atoms with E-state index in [1.807, 2.05) is 6.92 Å². The van der Waals surface area contributed by atoms with Crippen molar-refractivity contribution < 1.29 is 19.0 Å². The van der Waals surface area contributed by atoms with E-state index in [9.17, 15) is 9.18 Å². The lowest BCUT2D eigenvalue weighted by Crippen LogP contribution is -2.10. The number of nitrogens with one attached hydrogen (secondary N) is 1. The summed E-state index contributed by atoms with van der Waals surface area (Å²) in [6.07, 6.45) is 2.96. The van der Waals surface area contributed by atoms with Gasteiger partial charge in [0.25, 0.3) is 0 Å². The van der Waals surface area contributed by atoms with Crippen molar-refractivity contribution in [1.82, 2.24) is 15.0 Å². The molecule has 138 valence electrons. The second-order valence-corrected chi connectivity index (χ2v) is 5.76. The number of ether oxygens (including phenoxy) is 1. The molecule has 0 fully saturated rings. The van der Waals surface area contributed by atoms with Crippen LogP contribution in [-0.2, 0) is 0 Å². The van der Waals surface area contributed by atoms with Gasteiger partial charge < -0.3 is 15.2 Å². The minimum Gasteiger partial charge on any atom is -0.494 e. The maximum Gasteiger partial charge on any atom is 0.335 e. The van der Waals surface area contributed by atoms with Crippen molar-refractivity contribution in [3.63, 3.8) is 0 Å². The summed E-state index contributed by atoms with van der Waals surface area (Å²) in [6.45, 7) is 1.85. The summed E-state index contributed by atoms with van der Waals surface area (Å²) in [4.78, 5) is 23.8. The highest BCUT2D eigenvalue weighted by Gasteiger charge is 2.12. The Morgan fingerprint density at radius 2 is 1.93 bits per heavy atom. The number of hydrogen-bond acceptors (Lipinski definition) is 6. The Morgan fingerprint density at radius 3 is 2.63 bits per heavy atom. The minimum absolute atomic E-state index is 0.121. The molecule has 1 aromatic carbocycles. The zero-order valence-corrected chi connectivity index (χ0v) is 14.7. The van der Waals surface area contributed by atoms with Gasteiger partial charge in [-0.1, -0.05) is 6.07 Å². The van der Waals surface area contributed by atoms with Crippen molar-refractivity contribution in [3.05, 3.63) is 65.7 Å². The predicted octanol–water partition coefficient (Wildman–Crippen LogP) is 3.56. The van der Waals surface area contributed by atoms with Crippen LogP contribution in [0.1, 0.15) is 28.9 Å². The fourth-order valence-electron chi connectivity index (χ4n) is 2.50. The number of benzene rings is 1. The molecule has 0 aliphatic rings. The third kappa shape index (κ3) is 4.17. The first-order valence-corrected chi connectivity index (χ1v) is 8.10. The lowest BCUT2D eigenvalue weighted by atomic mass is 10.1. The van der Waals surface area contributed by atoms with Crippen molar-refractivity contribution in [3.8, 4) is 17.1 Å². The summed E-state index contributed by atoms with van der Waals surface area (Å²) in [6, 6.07) is 8.92. The van der Waals surface area contributed by atoms with Crippen LogP contribution >= 0.6 is 0 Å². The predicted molar refractivity (Wildman–Crippen MR) is 97.2 cm³/mol. The van der Waals surface area contributed by atoms with E-state index in [4.69, 9.17) is 9.84 Å². The molecular formula is C19H17FN4O3. The molecule has 0 aliphatic heterocycles. The number of rotatable bonds is 6. The average molecular weight is 368 g/mol. The first-order chi connectivity index (χ1) is 13.0. The van der Waals surface area contributed by atoms with Crippen LogP contribution in [0.5, 0.6) is 5.75 Å². The fraction of sp³-hybridized carbons (Fsp3) is 0.158. The van der Waals surface area contributed by atoms with Crippen molar-refractivity contribution >= 4 is 11.9 Å². The van der Waals surface area contributed by atoms with Crippen LogP contribution < -0.4 is 10.1 Å². The highest BCUT2D eigenvalue weighted by Crippen LogP contribution is 2.24. The van der Waals surface area contributed by atoms with E-state index in [-0.39, 0.29) is 17.4 Å². The number of methoxy groups -OCH3 is 1. The van der Waals surface area contributed by atoms with Gasteiger partial charge in [-0.05, 0) is 42.8 Å². The quantitative estimate of drug-likeness (QED) is 0.686. The number of pyridine rings is 1. The van der Waals surface area contributed by atoms with Gasteiger partial charge >= 0.3 is 5.97 Å². The van der Waals surface area contributed by atoms with Gasteiger partial charge in [0.1, 0.15) is 0 Å². The second-order valence-electron chi connectivity index (χ2n) is 5.76. The molecule has 0 saturated carbocycles. The van der Waals surface area contributed by atoms with Gasteiger partial charge in [-0.25, -0.2) is 19.2 Å². The lowest BCUT2D eigenvalue weighted by molar-refractivity contribution is 0.0697. The second kappa shape index (κ2) is 7.77. The molecule has 0 bridgehead atoms. The molecule has 0 aliphatic carbocycles. The third-order valence-electron chi connectivity index (χ3n) is 3.95. The van der Waals surface area contributed by atoms with E-state index in [0.717, 1.165) is 0 Å². The van der Waals surface area contributed by atoms with Gasteiger partial charge in [-0.3, -0.25) is 4.98 Å². The summed E-state index contributed by atoms with van der Waals surface area (Å²) in [7, 11) is 1.41. The molecule has 0 spiro atoms. The van der Waals surface area contributed by atoms with Crippen LogP contribution in [0.2, 0.25) is 0 Å². The number of carbonyl (C=O) groups is 1. The maximum atomic E-state index is 13.9. The monoisotopic (exact) mass is 368 g/mol. The number of aromatic carboxylic acids is 1. The third-order valence-corrected chi connectivity index (χ3v) is 3.95. The minimum atomic E-state index is -1.04. The number of carboxylic acids is 1. The largest absolute Gasteiger partial charge is 0.494 e. The number of anilines is 1. The molecule has 0 radical (unpaired) electrons. The first-order valence-electron chi connectivity index (χ1n) is 8.10. The highest BCUT2D eigenvalue weighted by molar-refractivity contribution is 5.88. The summed E-state index contributed by atoms with van der Waals surface area (Å²) in [5.41, 5.74) is 1.72. The van der Waals surface area contributed by atoms with Gasteiger partial charge in [-0.15, -0.1) is 0 Å². The van der Waals surface area contributed by atoms with Gasteiger partial charge in [0.15, 0.2) is 11.6 Å². The van der Waals surface area contributed by atoms with Crippen molar-refractivity contribution in [1.29, 1.82) is 0 Å². The average Bonchev–Trinajstić information content (AvgIpc) is 2.68. The lowest BCUT2D eigenvalue weighted by Gasteiger charge is -2.15. The number of halogens is 1. The highest BCUT2D eigenvalue weighted by atomic mass is 19.1. The Hall–Kier alpha value is -3.55. The molecule has 1 atom stereocenters. The van der Waals surface area contributed by atoms with Crippen molar-refractivity contribution in [2.24, 2.45) is 0 Å². The zero-order chi connectivity index (χ0) is 19.4. The molecular weight excluding hydrogens is 351 g/mol. The van der Waals surface area contributed by atoms with E-state index in [1.165, 1.54) is 31.5 Å². The summed E-state index contributed by atoms with van der Waals surface area (Å²) >= 11 is 0. The van der Waals surface area contributed by atoms with Crippen molar-refractivity contribution in [2.75, 3.05) is 12.4 Å². The van der Waals surface area contributed by atoms with Crippen LogP contribution in [0.25, 0.3) is 11.4 Å². The van der Waals surface area contributed by atoms with Crippen LogP contribution in [0.3, 0.4) is 0 Å². The molecule has 0 unspecified atom stereocenters. The molecule has 0 amide bonds. The SMILES string of the molecule is COc1ccc([C@@H](C)Nc2nccc(-c3cc(C(=O)O)ccn3)n2)cc1F. The Morgan fingerprint density at radius 1 is 1.15 bits per heavy atom. The number of hydrogen-bond donors (Lipinski definition) is 2. The fourth-order valence-corrected chi connectivity index (χ4v) is 2.50. The van der Waals surface area contributed by atoms with E-state index >= 15 is 0 Å². The molecule has 0 saturated heterocycles. The summed E-state index contributed by atoms with van der Waals surface area (Å²) in [5, 5.41) is 12.2. The number of nitrogens with zero attached hydrogens (tertiary/aromatic N) is 3. The molecule has 3 aromatic rings. The zero-order valence-electron chi connectivity index (χ0n) is 14.7. The van der Waals surface area contributed by atoms with E-state index in [1.54, 1.807) is 24.4 Å². The Bertz CT molecular complexity index is 981. The smallest absolute Gasteiger partial charge is 0.335 e. The Kier molecular flexibility index (Phi) is 5.25. The van der Waals surface area contributed by atoms with Crippen LogP contribution in [0.15, 0.2) is 48.8 Å². The van der Waals surface area contributed by atoms with Gasteiger partial charge in [-0.2, -0.15) is 0 Å². The topological polar surface area (TPSA) is 97.2 Å². The first kappa shape index (κ1) is 18.2. The normalized spacial score (nSPS) is 11.7. The van der Waals surface area contributed by atoms with Crippen molar-refractivity contribution in [2.45, 2.75) is 13.0 Å². The van der Waals surface area contributed by atoms with E-state index < -0.39 is 11.8 Å². The Balaban J connectivity index is 1.82. The summed E-state index contributed by atoms with van der Waals surface area (Å²) < 4.78 is 18.8. The molecule has 2 N–H and O–H groups in total. The van der Waals surface area contributed by atoms with E-state index in [2.05, 4.69) is 20.3 Å². The number of aromatic nitrogens is 3. The summed E-state index contributed by atoms with van der Waals surface area (Å²) in [5.74, 6) is -0.999. The number of carboxylic acid groups (broad SMARTS) is 1. The van der Waals surface area contributed by atoms with Crippen LogP contribution in [0.4, 0.5) is 10.3 Å². The maximum absolute atomic E-state index is 13.9. The van der Waals surface area contributed by atoms with Gasteiger partial charge in [0.2, 0.25) is 5.95 Å². The molecule has 8 heteroatoms. The standard InChI is InChI=1S/C19H17FN4O3/c1-11(12-3-4-17(27-2)14(20)9-12)23-19-22-8-6-15(24-19)16-10-13(18(25)26)5-7-21-16/h3-11H,1-2H3,(H,25,26)(H,22,23,24)/t11-/m1/s1. The molecule has 2 heterocycles. The Labute approximate surface area is 154 Å². The van der Waals surface area contributed by atoms with Gasteiger partial charge in [0.05, 0.1) is 30.1 Å². The van der Waals surface area contributed by atoms with E-state index in [0.29, 0.717) is 22.9 Å². The molecule has 2 aromatic heterocycles. The molecule has 7 nitrogen and oxygen atoms in total. The van der Waals surface area contributed by atoms with Gasteiger partial charge in [0, 0.05) is 12.4 Å².